The van der Waals surface area contributed by atoms with E-state index in [0.717, 1.165) is 5.56 Å². The van der Waals surface area contributed by atoms with Gasteiger partial charge in [0.25, 0.3) is 11.8 Å². The Morgan fingerprint density at radius 2 is 1.52 bits per heavy atom. The third kappa shape index (κ3) is 6.45. The Morgan fingerprint density at radius 3 is 2.04 bits per heavy atom. The molecule has 1 aromatic rings. The van der Waals surface area contributed by atoms with Crippen LogP contribution in [0.3, 0.4) is 0 Å². The molecule has 1 unspecified atom stereocenters. The van der Waals surface area contributed by atoms with Crippen molar-refractivity contribution in [2.75, 3.05) is 14.1 Å². The minimum absolute atomic E-state index is 0.436. The summed E-state index contributed by atoms with van der Waals surface area (Å²) in [5.41, 5.74) is 0.883. The fraction of sp³-hybridized carbons (Fsp3) is 0.222. The molecule has 0 aromatic heterocycles. The number of nitrogens with zero attached hydrogens (tertiary/aromatic N) is 5. The Hall–Kier alpha value is 0.630. The molecule has 1 aliphatic heterocycles. The van der Waals surface area contributed by atoms with Crippen LogP contribution in [0.15, 0.2) is 42.9 Å². The number of hydrogen-bond donors (Lipinski definition) is 0. The molecule has 23 heavy (non-hydrogen) atoms. The molecule has 0 aliphatic carbocycles. The van der Waals surface area contributed by atoms with Crippen molar-refractivity contribution in [3.63, 3.8) is 0 Å². The number of rotatable bonds is 4. The lowest BCUT2D eigenvalue weighted by molar-refractivity contribution is 0.440. The maximum atomic E-state index is 6.30. The van der Waals surface area contributed by atoms with Crippen LogP contribution in [0.4, 0.5) is 0 Å². The van der Waals surface area contributed by atoms with Gasteiger partial charge in [-0.25, -0.2) is 0 Å². The van der Waals surface area contributed by atoms with Crippen molar-refractivity contribution in [3.05, 3.63) is 29.8 Å². The fourth-order valence-electron chi connectivity index (χ4n) is 1.42. The van der Waals surface area contributed by atoms with Crippen molar-refractivity contribution < 1.29 is 4.52 Å². The van der Waals surface area contributed by atoms with E-state index in [9.17, 15) is 0 Å². The van der Waals surface area contributed by atoms with Crippen LogP contribution in [-0.2, 0) is 0 Å². The van der Waals surface area contributed by atoms with Crippen molar-refractivity contribution in [2.24, 2.45) is 18.6 Å². The van der Waals surface area contributed by atoms with E-state index in [1.807, 2.05) is 14.1 Å². The second-order valence-corrected chi connectivity index (χ2v) is 17.5. The lowest BCUT2D eigenvalue weighted by Gasteiger charge is -2.21. The fourth-order valence-corrected chi connectivity index (χ4v) is 18.0. The summed E-state index contributed by atoms with van der Waals surface area (Å²) >= 11 is 30.2. The van der Waals surface area contributed by atoms with E-state index in [2.05, 4.69) is 18.6 Å². The van der Waals surface area contributed by atoms with Crippen molar-refractivity contribution in [1.29, 1.82) is 0 Å². The van der Waals surface area contributed by atoms with E-state index in [0.29, 0.717) is 5.75 Å². The Kier molecular flexibility index (Phi) is 6.48. The van der Waals surface area contributed by atoms with Gasteiger partial charge in [0.2, 0.25) is 0 Å². The van der Waals surface area contributed by atoms with Gasteiger partial charge in [-0.2, -0.15) is 18.6 Å². The molecule has 1 aliphatic rings. The standard InChI is InChI=1S/C9H11Cl5N5OP3/c1-19(2)15-7-8-3-5-9(6-4-8)20-23(14)17-21(10,11)16-22(12,13)18-23/h3-7H,1-2H3/b15-7-. The van der Waals surface area contributed by atoms with Gasteiger partial charge in [-0.1, -0.05) is 0 Å². The minimum atomic E-state index is -3.22. The minimum Gasteiger partial charge on any atom is -0.431 e. The molecule has 0 bridgehead atoms. The molecule has 0 amide bonds. The molecule has 0 fully saturated rings. The summed E-state index contributed by atoms with van der Waals surface area (Å²) in [5.74, 6) is -5.76. The molecule has 0 radical (unpaired) electrons. The Labute approximate surface area is 158 Å². The van der Waals surface area contributed by atoms with Crippen LogP contribution >= 0.6 is 74.8 Å². The SMILES string of the molecule is CN(C)/N=C\c1ccc(OP2(Cl)=NP(Cl)(Cl)=NP(Cl)(Cl)=N2)cc1. The third-order valence-corrected chi connectivity index (χ3v) is 14.1. The molecule has 128 valence electrons. The van der Waals surface area contributed by atoms with Gasteiger partial charge in [0.05, 0.1) is 6.21 Å². The van der Waals surface area contributed by atoms with Gasteiger partial charge in [0, 0.05) is 14.1 Å². The second kappa shape index (κ2) is 7.48. The lowest BCUT2D eigenvalue weighted by atomic mass is 10.2. The van der Waals surface area contributed by atoms with E-state index in [4.69, 9.17) is 60.7 Å². The predicted molar refractivity (Wildman–Crippen MR) is 106 cm³/mol. The highest BCUT2D eigenvalue weighted by molar-refractivity contribution is 8.22. The van der Waals surface area contributed by atoms with Gasteiger partial charge < -0.3 is 9.53 Å². The number of hydrazone groups is 1. The highest BCUT2D eigenvalue weighted by Gasteiger charge is 2.34. The summed E-state index contributed by atoms with van der Waals surface area (Å²) in [6.45, 7) is -3.22. The molecule has 2 rings (SSSR count). The van der Waals surface area contributed by atoms with Crippen molar-refractivity contribution in [2.45, 2.75) is 0 Å². The maximum absolute atomic E-state index is 6.30. The van der Waals surface area contributed by atoms with Crippen LogP contribution in [0.1, 0.15) is 5.56 Å². The quantitative estimate of drug-likeness (QED) is 0.252. The largest absolute Gasteiger partial charge is 0.431 e. The molecule has 14 heteroatoms. The molecule has 0 spiro atoms. The summed E-state index contributed by atoms with van der Waals surface area (Å²) in [4.78, 5) is 0. The van der Waals surface area contributed by atoms with E-state index in [1.54, 1.807) is 35.5 Å². The van der Waals surface area contributed by atoms with E-state index >= 15 is 0 Å². The molecular weight excluding hydrogens is 464 g/mol. The zero-order valence-corrected chi connectivity index (χ0v) is 18.2. The first-order chi connectivity index (χ1) is 10.5. The van der Waals surface area contributed by atoms with Crippen LogP contribution in [0.2, 0.25) is 0 Å². The maximum Gasteiger partial charge on any atom is 0.350 e. The van der Waals surface area contributed by atoms with Gasteiger partial charge in [-0.05, 0) is 86.0 Å². The number of hydrogen-bond acceptors (Lipinski definition) is 6. The number of halogens is 5. The third-order valence-electron chi connectivity index (χ3n) is 2.19. The Morgan fingerprint density at radius 1 is 0.957 bits per heavy atom. The highest BCUT2D eigenvalue weighted by atomic mass is 35.9. The summed E-state index contributed by atoms with van der Waals surface area (Å²) < 4.78 is 17.5. The summed E-state index contributed by atoms with van der Waals surface area (Å²) in [6.07, 6.45) is 1.70. The van der Waals surface area contributed by atoms with Crippen molar-refractivity contribution in [3.8, 4) is 5.75 Å². The van der Waals surface area contributed by atoms with Crippen molar-refractivity contribution in [1.82, 2.24) is 5.01 Å². The van der Waals surface area contributed by atoms with Gasteiger partial charge in [0.1, 0.15) is 5.75 Å². The molecular formula is C9H11Cl5N5OP3. The van der Waals surface area contributed by atoms with Gasteiger partial charge in [-0.3, -0.25) is 0 Å². The molecule has 0 N–H and O–H groups in total. The number of benzene rings is 1. The topological polar surface area (TPSA) is 61.9 Å². The molecule has 6 nitrogen and oxygen atoms in total. The average Bonchev–Trinajstić information content (AvgIpc) is 2.32. The van der Waals surface area contributed by atoms with Crippen molar-refractivity contribution >= 4 is 81.0 Å². The predicted octanol–water partition coefficient (Wildman–Crippen LogP) is 8.01. The Balaban J connectivity index is 2.28. The smallest absolute Gasteiger partial charge is 0.350 e. The van der Waals surface area contributed by atoms with Gasteiger partial charge in [-0.15, -0.1) is 0 Å². The molecule has 0 saturated heterocycles. The van der Waals surface area contributed by atoms with Crippen LogP contribution in [0.25, 0.3) is 0 Å². The van der Waals surface area contributed by atoms with Gasteiger partial charge in [0.15, 0.2) is 0 Å². The second-order valence-electron chi connectivity index (χ2n) is 4.40. The van der Waals surface area contributed by atoms with Crippen LogP contribution in [0, 0.1) is 0 Å². The van der Waals surface area contributed by atoms with Crippen LogP contribution < -0.4 is 4.52 Å². The zero-order valence-electron chi connectivity index (χ0n) is 11.8. The highest BCUT2D eigenvalue weighted by Crippen LogP contribution is 2.86. The molecule has 0 saturated carbocycles. The summed E-state index contributed by atoms with van der Waals surface area (Å²) in [5, 5.41) is 5.81. The molecule has 1 heterocycles. The van der Waals surface area contributed by atoms with E-state index in [-0.39, 0.29) is 0 Å². The first-order valence-electron chi connectivity index (χ1n) is 5.89. The Bertz CT molecular complexity index is 774. The first-order valence-corrected chi connectivity index (χ1v) is 15.4. The van der Waals surface area contributed by atoms with Crippen LogP contribution in [-0.4, -0.2) is 25.3 Å². The normalized spacial score (nSPS) is 25.2. The van der Waals surface area contributed by atoms with E-state index < -0.39 is 18.6 Å². The monoisotopic (exact) mass is 473 g/mol. The van der Waals surface area contributed by atoms with Gasteiger partial charge >= 0.3 is 6.78 Å². The van der Waals surface area contributed by atoms with Crippen LogP contribution in [0.5, 0.6) is 5.75 Å². The summed E-state index contributed by atoms with van der Waals surface area (Å²) in [7, 11) is 3.66. The first kappa shape index (κ1) is 19.9. The average molecular weight is 475 g/mol. The molecule has 1 atom stereocenters. The zero-order chi connectivity index (χ0) is 17.3. The molecule has 1 aromatic carbocycles. The lowest BCUT2D eigenvalue weighted by Crippen LogP contribution is -2.01. The van der Waals surface area contributed by atoms with E-state index in [1.165, 1.54) is 0 Å². The summed E-state index contributed by atoms with van der Waals surface area (Å²) in [6, 6.07) is 6.99.